The minimum Gasteiger partial charge on any atom is -0.465 e. The lowest BCUT2D eigenvalue weighted by Gasteiger charge is -2.31. The Bertz CT molecular complexity index is 1450. The first-order valence-electron chi connectivity index (χ1n) is 13.4. The molecule has 15 heteroatoms. The highest BCUT2D eigenvalue weighted by Crippen LogP contribution is 2.49. The maximum atomic E-state index is 14.7. The van der Waals surface area contributed by atoms with E-state index >= 15 is 0 Å². The molecule has 3 aromatic rings. The van der Waals surface area contributed by atoms with Gasteiger partial charge in [0.15, 0.2) is 5.82 Å². The number of rotatable bonds is 11. The number of nitrogens with zero attached hydrogens (tertiary/aromatic N) is 3. The number of aliphatic hydroxyl groups excluding tert-OH is 2. The summed E-state index contributed by atoms with van der Waals surface area (Å²) in [6, 6.07) is 8.76. The largest absolute Gasteiger partial charge is 0.465 e. The van der Waals surface area contributed by atoms with E-state index in [2.05, 4.69) is 15.2 Å². The van der Waals surface area contributed by atoms with Crippen LogP contribution in [0.5, 0.6) is 5.75 Å². The molecule has 1 aliphatic heterocycles. The molecule has 1 fully saturated rings. The van der Waals surface area contributed by atoms with Crippen molar-refractivity contribution in [3.8, 4) is 5.75 Å². The Kier molecular flexibility index (Phi) is 9.26. The Morgan fingerprint density at radius 2 is 1.95 bits per heavy atom. The number of alkyl halides is 1. The van der Waals surface area contributed by atoms with Crippen molar-refractivity contribution in [2.75, 3.05) is 25.6 Å². The number of benzene rings is 1. The average Bonchev–Trinajstić information content (AvgIpc) is 3.47. The first-order chi connectivity index (χ1) is 19.7. The second-order valence-corrected chi connectivity index (χ2v) is 12.8. The van der Waals surface area contributed by atoms with Gasteiger partial charge >= 0.3 is 13.7 Å². The number of fused-ring (bicyclic) bond motifs is 1. The van der Waals surface area contributed by atoms with Crippen LogP contribution in [0.1, 0.15) is 52.0 Å². The van der Waals surface area contributed by atoms with Crippen molar-refractivity contribution >= 4 is 25.1 Å². The minimum atomic E-state index is -4.44. The molecule has 2 aromatic heterocycles. The van der Waals surface area contributed by atoms with Crippen LogP contribution in [0.3, 0.4) is 0 Å². The second-order valence-electron chi connectivity index (χ2n) is 11.1. The molecule has 6 atom stereocenters. The first kappa shape index (κ1) is 31.8. The van der Waals surface area contributed by atoms with Gasteiger partial charge in [-0.1, -0.05) is 32.9 Å². The molecule has 4 rings (SSSR count). The molecule has 0 radical (unpaired) electrons. The third-order valence-electron chi connectivity index (χ3n) is 6.98. The predicted molar refractivity (Wildman–Crippen MR) is 151 cm³/mol. The monoisotopic (exact) mass is 609 g/mol. The smallest absolute Gasteiger partial charge is 0.459 e. The quantitative estimate of drug-likeness (QED) is 0.185. The van der Waals surface area contributed by atoms with E-state index in [4.69, 9.17) is 24.3 Å². The molecule has 230 valence electrons. The second kappa shape index (κ2) is 12.2. The number of ether oxygens (including phenoxy) is 2. The number of hydrogen-bond donors (Lipinski definition) is 4. The molecular formula is C27H37FN5O8P. The Balaban J connectivity index is 1.60. The van der Waals surface area contributed by atoms with Crippen molar-refractivity contribution in [3.63, 3.8) is 0 Å². The lowest BCUT2D eigenvalue weighted by atomic mass is 9.87. The van der Waals surface area contributed by atoms with Gasteiger partial charge in [0, 0.05) is 0 Å². The van der Waals surface area contributed by atoms with Crippen LogP contribution in [0.25, 0.3) is 5.52 Å². The third-order valence-corrected chi connectivity index (χ3v) is 8.60. The number of hydrogen-bond acceptors (Lipinski definition) is 11. The molecule has 0 spiro atoms. The zero-order valence-corrected chi connectivity index (χ0v) is 25.0. The van der Waals surface area contributed by atoms with E-state index in [0.29, 0.717) is 5.52 Å². The molecule has 1 aliphatic rings. The van der Waals surface area contributed by atoms with Gasteiger partial charge in [0.2, 0.25) is 0 Å². The van der Waals surface area contributed by atoms with Crippen molar-refractivity contribution in [2.45, 2.75) is 70.0 Å². The number of nitrogen functional groups attached to an aromatic ring is 1. The van der Waals surface area contributed by atoms with E-state index in [9.17, 15) is 24.0 Å². The number of halogens is 1. The van der Waals surface area contributed by atoms with Crippen LogP contribution in [0.2, 0.25) is 0 Å². The Morgan fingerprint density at radius 1 is 1.26 bits per heavy atom. The number of aromatic nitrogens is 3. The molecule has 1 aromatic carbocycles. The number of esters is 1. The van der Waals surface area contributed by atoms with E-state index in [1.165, 1.54) is 17.8 Å². The Morgan fingerprint density at radius 3 is 2.57 bits per heavy atom. The highest BCUT2D eigenvalue weighted by atomic mass is 31.2. The summed E-state index contributed by atoms with van der Waals surface area (Å²) in [7, 11) is -4.44. The van der Waals surface area contributed by atoms with E-state index in [-0.39, 0.29) is 29.3 Å². The van der Waals surface area contributed by atoms with Crippen LogP contribution in [-0.2, 0) is 28.8 Å². The minimum absolute atomic E-state index is 0.0837. The molecular weight excluding hydrogens is 572 g/mol. The zero-order valence-electron chi connectivity index (χ0n) is 24.1. The number of nitrogens with one attached hydrogen (secondary N) is 1. The van der Waals surface area contributed by atoms with E-state index in [0.717, 1.165) is 5.56 Å². The molecule has 3 heterocycles. The normalized spacial score (nSPS) is 24.8. The van der Waals surface area contributed by atoms with Crippen molar-refractivity contribution in [3.05, 3.63) is 54.0 Å². The highest BCUT2D eigenvalue weighted by Gasteiger charge is 2.57. The summed E-state index contributed by atoms with van der Waals surface area (Å²) in [6.07, 6.45) is -3.48. The summed E-state index contributed by atoms with van der Waals surface area (Å²) in [6.45, 7) is 7.05. The number of carbonyl (C=O) groups excluding carboxylic acids is 1. The lowest BCUT2D eigenvalue weighted by molar-refractivity contribution is -0.144. The number of anilines is 1. The van der Waals surface area contributed by atoms with Gasteiger partial charge in [-0.15, -0.1) is 0 Å². The van der Waals surface area contributed by atoms with Gasteiger partial charge in [0.1, 0.15) is 54.2 Å². The maximum Gasteiger partial charge on any atom is 0.459 e. The van der Waals surface area contributed by atoms with Crippen molar-refractivity contribution in [2.24, 2.45) is 0 Å². The van der Waals surface area contributed by atoms with Crippen LogP contribution in [-0.4, -0.2) is 74.5 Å². The molecule has 42 heavy (non-hydrogen) atoms. The van der Waals surface area contributed by atoms with Gasteiger partial charge in [-0.3, -0.25) is 9.32 Å². The predicted octanol–water partition coefficient (Wildman–Crippen LogP) is 2.86. The van der Waals surface area contributed by atoms with Gasteiger partial charge < -0.3 is 29.9 Å². The van der Waals surface area contributed by atoms with Crippen LogP contribution in [0, 0.1) is 0 Å². The van der Waals surface area contributed by atoms with Gasteiger partial charge in [0.05, 0.1) is 18.9 Å². The summed E-state index contributed by atoms with van der Waals surface area (Å²) < 4.78 is 52.2. The molecule has 13 nitrogen and oxygen atoms in total. The summed E-state index contributed by atoms with van der Waals surface area (Å²) in [4.78, 5) is 16.2. The van der Waals surface area contributed by atoms with Crippen LogP contribution < -0.4 is 15.3 Å². The van der Waals surface area contributed by atoms with Gasteiger partial charge in [-0.25, -0.2) is 18.5 Å². The molecule has 1 unspecified atom stereocenters. The number of nitrogens with two attached hydrogens (primary N) is 1. The fourth-order valence-electron chi connectivity index (χ4n) is 4.56. The van der Waals surface area contributed by atoms with Crippen molar-refractivity contribution in [1.29, 1.82) is 0 Å². The van der Waals surface area contributed by atoms with Crippen LogP contribution in [0.15, 0.2) is 42.7 Å². The van der Waals surface area contributed by atoms with E-state index in [1.807, 2.05) is 20.8 Å². The van der Waals surface area contributed by atoms with Crippen LogP contribution >= 0.6 is 7.75 Å². The molecule has 0 bridgehead atoms. The summed E-state index contributed by atoms with van der Waals surface area (Å²) >= 11 is 0. The topological polar surface area (TPSA) is 180 Å². The molecule has 0 amide bonds. The molecule has 0 saturated carbocycles. The summed E-state index contributed by atoms with van der Waals surface area (Å²) in [5.41, 5.74) is 5.25. The van der Waals surface area contributed by atoms with Crippen LogP contribution in [0.4, 0.5) is 10.2 Å². The van der Waals surface area contributed by atoms with Gasteiger partial charge in [-0.05, 0) is 49.1 Å². The highest BCUT2D eigenvalue weighted by molar-refractivity contribution is 7.52. The molecule has 0 aliphatic carbocycles. The van der Waals surface area contributed by atoms with E-state index in [1.54, 1.807) is 43.3 Å². The first-order valence-corrected chi connectivity index (χ1v) is 14.9. The SMILES string of the molecule is CCOC(=O)[C@H](C)NP(=O)(OC[C@@]1(CF)O[C@@H](c2ccc3c(N)ncnn23)[C@H](O)[C@@H]1O)Oc1ccc(C(C)(C)C)cc1. The summed E-state index contributed by atoms with van der Waals surface area (Å²) in [5.74, 6) is -0.408. The Labute approximate surface area is 242 Å². The van der Waals surface area contributed by atoms with Crippen molar-refractivity contribution in [1.82, 2.24) is 19.7 Å². The third kappa shape index (κ3) is 6.43. The van der Waals surface area contributed by atoms with Gasteiger partial charge in [-0.2, -0.15) is 10.2 Å². The fourth-order valence-corrected chi connectivity index (χ4v) is 6.10. The molecule has 5 N–H and O–H groups in total. The Hall–Kier alpha value is -3.13. The number of aliphatic hydroxyl groups is 2. The summed E-state index contributed by atoms with van der Waals surface area (Å²) in [5, 5.41) is 28.5. The van der Waals surface area contributed by atoms with Gasteiger partial charge in [0.25, 0.3) is 0 Å². The number of carbonyl (C=O) groups is 1. The van der Waals surface area contributed by atoms with Crippen molar-refractivity contribution < 1.29 is 42.5 Å². The zero-order chi connectivity index (χ0) is 30.9. The fraction of sp³-hybridized carbons (Fsp3) is 0.519. The maximum absolute atomic E-state index is 14.7. The standard InChI is InChI=1S/C27H37FN5O8P/c1-6-38-25(36)16(2)32-42(37,41-18-9-7-17(8-10-18)26(3,4)5)39-14-27(13-28)23(35)21(34)22(40-27)19-11-12-20-24(29)30-15-31-33(19)20/h7-12,15-16,21-23,34-35H,6,13-14H2,1-5H3,(H,32,37)(H2,29,30,31)/t16-,21-,22-,23-,27+,42?/m0/s1. The van der Waals surface area contributed by atoms with E-state index < -0.39 is 57.0 Å². The average molecular weight is 610 g/mol. The lowest BCUT2D eigenvalue weighted by Crippen LogP contribution is -2.49. The molecule has 1 saturated heterocycles.